The van der Waals surface area contributed by atoms with Crippen LogP contribution in [0.15, 0.2) is 35.8 Å². The average Bonchev–Trinajstić information content (AvgIpc) is 3.21. The second-order valence-corrected chi connectivity index (χ2v) is 7.30. The number of aromatic amines is 1. The SMILES string of the molecule is Cc1nc(CCCC(=O)NC(Cc2c[nH]c3ccccc23)C(=O)O)cs1. The topological polar surface area (TPSA) is 95.1 Å². The van der Waals surface area contributed by atoms with Crippen molar-refractivity contribution in [2.45, 2.75) is 38.6 Å². The van der Waals surface area contributed by atoms with Gasteiger partial charge in [0, 0.05) is 35.3 Å². The van der Waals surface area contributed by atoms with Crippen LogP contribution in [0.4, 0.5) is 0 Å². The summed E-state index contributed by atoms with van der Waals surface area (Å²) in [7, 11) is 0. The molecule has 1 aromatic carbocycles. The number of aromatic nitrogens is 2. The van der Waals surface area contributed by atoms with Crippen LogP contribution in [0.3, 0.4) is 0 Å². The van der Waals surface area contributed by atoms with Crippen molar-refractivity contribution in [3.8, 4) is 0 Å². The predicted molar refractivity (Wildman–Crippen MR) is 101 cm³/mol. The molecule has 2 heterocycles. The summed E-state index contributed by atoms with van der Waals surface area (Å²) in [4.78, 5) is 31.2. The number of carbonyl (C=O) groups is 2. The Balaban J connectivity index is 1.56. The number of aliphatic carboxylic acids is 1. The van der Waals surface area contributed by atoms with E-state index in [1.54, 1.807) is 17.5 Å². The third-order valence-corrected chi connectivity index (χ3v) is 5.06. The van der Waals surface area contributed by atoms with Crippen molar-refractivity contribution in [2.75, 3.05) is 0 Å². The Labute approximate surface area is 155 Å². The molecule has 3 rings (SSSR count). The van der Waals surface area contributed by atoms with Gasteiger partial charge in [-0.1, -0.05) is 18.2 Å². The summed E-state index contributed by atoms with van der Waals surface area (Å²) in [6.07, 6.45) is 3.70. The number of nitrogens with one attached hydrogen (secondary N) is 2. The summed E-state index contributed by atoms with van der Waals surface area (Å²) in [5.41, 5.74) is 2.82. The largest absolute Gasteiger partial charge is 0.480 e. The van der Waals surface area contributed by atoms with Crippen molar-refractivity contribution in [2.24, 2.45) is 0 Å². The van der Waals surface area contributed by atoms with Crippen molar-refractivity contribution in [1.29, 1.82) is 0 Å². The van der Waals surface area contributed by atoms with Crippen molar-refractivity contribution >= 4 is 34.1 Å². The number of fused-ring (bicyclic) bond motifs is 1. The van der Waals surface area contributed by atoms with Crippen molar-refractivity contribution < 1.29 is 14.7 Å². The molecule has 7 heteroatoms. The van der Waals surface area contributed by atoms with Crippen LogP contribution in [0.1, 0.15) is 29.1 Å². The number of carboxylic acids is 1. The zero-order chi connectivity index (χ0) is 18.5. The van der Waals surface area contributed by atoms with E-state index < -0.39 is 12.0 Å². The van der Waals surface area contributed by atoms with Crippen molar-refractivity contribution in [3.63, 3.8) is 0 Å². The molecule has 6 nitrogen and oxygen atoms in total. The Morgan fingerprint density at radius 3 is 2.88 bits per heavy atom. The van der Waals surface area contributed by atoms with Crippen LogP contribution in [0, 0.1) is 6.92 Å². The Kier molecular flexibility index (Phi) is 5.68. The number of amides is 1. The lowest BCUT2D eigenvalue weighted by molar-refractivity contribution is -0.141. The Bertz CT molecular complexity index is 916. The fraction of sp³-hybridized carbons (Fsp3) is 0.316. The lowest BCUT2D eigenvalue weighted by atomic mass is 10.0. The van der Waals surface area contributed by atoms with E-state index in [9.17, 15) is 14.7 Å². The molecule has 3 aromatic rings. The molecule has 0 aliphatic rings. The number of thiazole rings is 1. The third-order valence-electron chi connectivity index (χ3n) is 4.24. The molecular weight excluding hydrogens is 350 g/mol. The van der Waals surface area contributed by atoms with Crippen LogP contribution in [0.2, 0.25) is 0 Å². The lowest BCUT2D eigenvalue weighted by Crippen LogP contribution is -2.42. The molecule has 1 unspecified atom stereocenters. The normalized spacial score (nSPS) is 12.2. The molecule has 136 valence electrons. The number of aryl methyl sites for hydroxylation is 2. The minimum absolute atomic E-state index is 0.246. The Hall–Kier alpha value is -2.67. The van der Waals surface area contributed by atoms with Crippen molar-refractivity contribution in [1.82, 2.24) is 15.3 Å². The van der Waals surface area contributed by atoms with E-state index in [0.717, 1.165) is 33.6 Å². The van der Waals surface area contributed by atoms with Crippen LogP contribution in [0.5, 0.6) is 0 Å². The highest BCUT2D eigenvalue weighted by Gasteiger charge is 2.21. The van der Waals surface area contributed by atoms with E-state index >= 15 is 0 Å². The molecule has 0 bridgehead atoms. The van der Waals surface area contributed by atoms with Gasteiger partial charge in [-0.05, 0) is 31.4 Å². The van der Waals surface area contributed by atoms with Gasteiger partial charge in [0.1, 0.15) is 6.04 Å². The molecule has 0 saturated carbocycles. The summed E-state index contributed by atoms with van der Waals surface area (Å²) in [5.74, 6) is -1.28. The Morgan fingerprint density at radius 2 is 2.15 bits per heavy atom. The van der Waals surface area contributed by atoms with E-state index in [1.807, 2.05) is 36.6 Å². The maximum atomic E-state index is 12.1. The Morgan fingerprint density at radius 1 is 1.35 bits per heavy atom. The zero-order valence-corrected chi connectivity index (χ0v) is 15.3. The molecule has 1 atom stereocenters. The smallest absolute Gasteiger partial charge is 0.326 e. The monoisotopic (exact) mass is 371 g/mol. The van der Waals surface area contributed by atoms with Crippen LogP contribution in [0.25, 0.3) is 10.9 Å². The average molecular weight is 371 g/mol. The molecule has 26 heavy (non-hydrogen) atoms. The molecular formula is C19H21N3O3S. The standard InChI is InChI=1S/C19H21N3O3S/c1-12-21-14(11-26-12)5-4-8-18(23)22-17(19(24)25)9-13-10-20-16-7-3-2-6-15(13)16/h2-3,6-7,10-11,17,20H,4-5,8-9H2,1H3,(H,22,23)(H,24,25). The first kappa shape index (κ1) is 18.1. The molecule has 0 aliphatic heterocycles. The summed E-state index contributed by atoms with van der Waals surface area (Å²) >= 11 is 1.59. The molecule has 3 N–H and O–H groups in total. The van der Waals surface area contributed by atoms with Gasteiger partial charge < -0.3 is 15.4 Å². The fourth-order valence-electron chi connectivity index (χ4n) is 2.94. The molecule has 0 fully saturated rings. The summed E-state index contributed by atoms with van der Waals surface area (Å²) < 4.78 is 0. The predicted octanol–water partition coefficient (Wildman–Crippen LogP) is 3.07. The number of para-hydroxylation sites is 1. The number of H-pyrrole nitrogens is 1. The zero-order valence-electron chi connectivity index (χ0n) is 14.5. The molecule has 0 aliphatic carbocycles. The minimum Gasteiger partial charge on any atom is -0.480 e. The highest BCUT2D eigenvalue weighted by Crippen LogP contribution is 2.19. The number of hydrogen-bond donors (Lipinski definition) is 3. The maximum Gasteiger partial charge on any atom is 0.326 e. The fourth-order valence-corrected chi connectivity index (χ4v) is 3.59. The van der Waals surface area contributed by atoms with E-state index in [0.29, 0.717) is 6.42 Å². The minimum atomic E-state index is -1.03. The van der Waals surface area contributed by atoms with E-state index in [2.05, 4.69) is 15.3 Å². The number of benzene rings is 1. The first-order valence-electron chi connectivity index (χ1n) is 8.51. The second kappa shape index (κ2) is 8.14. The van der Waals surface area contributed by atoms with Crippen LogP contribution >= 0.6 is 11.3 Å². The molecule has 1 amide bonds. The summed E-state index contributed by atoms with van der Waals surface area (Å²) in [6, 6.07) is 6.77. The van der Waals surface area contributed by atoms with Gasteiger partial charge in [-0.3, -0.25) is 4.79 Å². The number of hydrogen-bond acceptors (Lipinski definition) is 4. The van der Waals surface area contributed by atoms with Gasteiger partial charge in [-0.15, -0.1) is 11.3 Å². The van der Waals surface area contributed by atoms with E-state index in [4.69, 9.17) is 0 Å². The number of rotatable bonds is 8. The molecule has 0 radical (unpaired) electrons. The molecule has 0 saturated heterocycles. The first-order valence-corrected chi connectivity index (χ1v) is 9.39. The summed E-state index contributed by atoms with van der Waals surface area (Å²) in [5, 5.41) is 16.1. The van der Waals surface area contributed by atoms with Crippen LogP contribution in [-0.4, -0.2) is 33.0 Å². The van der Waals surface area contributed by atoms with Crippen LogP contribution < -0.4 is 5.32 Å². The lowest BCUT2D eigenvalue weighted by Gasteiger charge is -2.14. The quantitative estimate of drug-likeness (QED) is 0.567. The van der Waals surface area contributed by atoms with Gasteiger partial charge >= 0.3 is 5.97 Å². The number of nitrogens with zero attached hydrogens (tertiary/aromatic N) is 1. The highest BCUT2D eigenvalue weighted by atomic mass is 32.1. The van der Waals surface area contributed by atoms with Crippen molar-refractivity contribution in [3.05, 3.63) is 52.1 Å². The van der Waals surface area contributed by atoms with Gasteiger partial charge in [0.2, 0.25) is 5.91 Å². The van der Waals surface area contributed by atoms with E-state index in [-0.39, 0.29) is 18.7 Å². The number of carboxylic acid groups (broad SMARTS) is 1. The molecule has 0 spiro atoms. The van der Waals surface area contributed by atoms with Gasteiger partial charge in [0.25, 0.3) is 0 Å². The van der Waals surface area contributed by atoms with Gasteiger partial charge in [-0.2, -0.15) is 0 Å². The van der Waals surface area contributed by atoms with Gasteiger partial charge in [-0.25, -0.2) is 9.78 Å². The summed E-state index contributed by atoms with van der Waals surface area (Å²) in [6.45, 7) is 1.95. The van der Waals surface area contributed by atoms with Crippen LogP contribution in [-0.2, 0) is 22.4 Å². The second-order valence-electron chi connectivity index (χ2n) is 6.23. The van der Waals surface area contributed by atoms with Gasteiger partial charge in [0.15, 0.2) is 0 Å². The first-order chi connectivity index (χ1) is 12.5. The van der Waals surface area contributed by atoms with E-state index in [1.165, 1.54) is 0 Å². The third kappa shape index (κ3) is 4.49. The molecule has 2 aromatic heterocycles. The maximum absolute atomic E-state index is 12.1. The van der Waals surface area contributed by atoms with Gasteiger partial charge in [0.05, 0.1) is 10.7 Å². The number of carbonyl (C=O) groups excluding carboxylic acids is 1. The highest BCUT2D eigenvalue weighted by molar-refractivity contribution is 7.09.